The lowest BCUT2D eigenvalue weighted by atomic mass is 10.3. The summed E-state index contributed by atoms with van der Waals surface area (Å²) >= 11 is 4.96. The second kappa shape index (κ2) is 7.87. The van der Waals surface area contributed by atoms with Crippen molar-refractivity contribution < 1.29 is 4.79 Å². The van der Waals surface area contributed by atoms with Gasteiger partial charge in [0.2, 0.25) is 0 Å². The van der Waals surface area contributed by atoms with Crippen molar-refractivity contribution in [2.24, 2.45) is 5.10 Å². The monoisotopic (exact) mass is 358 g/mol. The molecule has 7 heteroatoms. The molecule has 0 unspecified atom stereocenters. The van der Waals surface area contributed by atoms with Crippen LogP contribution in [0.4, 0.5) is 0 Å². The Morgan fingerprint density at radius 1 is 1.45 bits per heavy atom. The summed E-state index contributed by atoms with van der Waals surface area (Å²) in [7, 11) is 0. The quantitative estimate of drug-likeness (QED) is 0.642. The number of carbonyl (C=O) groups is 1. The number of rotatable bonds is 5. The average molecular weight is 359 g/mol. The van der Waals surface area contributed by atoms with Gasteiger partial charge >= 0.3 is 0 Å². The van der Waals surface area contributed by atoms with Crippen LogP contribution in [-0.2, 0) is 4.79 Å². The van der Waals surface area contributed by atoms with Crippen molar-refractivity contribution in [2.45, 2.75) is 6.92 Å². The van der Waals surface area contributed by atoms with E-state index in [9.17, 15) is 4.79 Å². The molecule has 0 aliphatic carbocycles. The number of nitrogens with one attached hydrogen (secondary N) is 1. The number of hydrogen-bond donors (Lipinski definition) is 1. The number of carbonyl (C=O) groups excluding carboxylic acids is 1. The molecule has 0 saturated carbocycles. The summed E-state index contributed by atoms with van der Waals surface area (Å²) in [5.74, 6) is -0.0539. The molecule has 1 saturated heterocycles. The summed E-state index contributed by atoms with van der Waals surface area (Å²) in [4.78, 5) is 17.3. The van der Waals surface area contributed by atoms with Crippen molar-refractivity contribution in [1.82, 2.24) is 15.2 Å². The van der Waals surface area contributed by atoms with E-state index in [0.29, 0.717) is 6.54 Å². The number of thiophene rings is 1. The third-order valence-corrected chi connectivity index (χ3v) is 4.88. The number of halogens is 1. The maximum atomic E-state index is 11.8. The molecule has 2 rings (SSSR count). The van der Waals surface area contributed by atoms with Crippen molar-refractivity contribution in [3.63, 3.8) is 0 Å². The zero-order chi connectivity index (χ0) is 14.4. The molecule has 0 radical (unpaired) electrons. The van der Waals surface area contributed by atoms with Crippen LogP contribution in [0.2, 0.25) is 0 Å². The molecule has 1 aromatic rings. The van der Waals surface area contributed by atoms with Gasteiger partial charge in [-0.3, -0.25) is 9.69 Å². The maximum absolute atomic E-state index is 11.8. The molecule has 5 nitrogen and oxygen atoms in total. The van der Waals surface area contributed by atoms with Crippen LogP contribution in [0.1, 0.15) is 11.8 Å². The van der Waals surface area contributed by atoms with Crippen LogP contribution in [0.5, 0.6) is 0 Å². The van der Waals surface area contributed by atoms with Crippen molar-refractivity contribution in [3.8, 4) is 0 Å². The normalized spacial score (nSPS) is 17.7. The smallest absolute Gasteiger partial charge is 0.254 e. The minimum absolute atomic E-state index is 0.0539. The maximum Gasteiger partial charge on any atom is 0.254 e. The first-order valence-electron chi connectivity index (χ1n) is 6.68. The molecular weight excluding hydrogens is 340 g/mol. The van der Waals surface area contributed by atoms with Gasteiger partial charge in [-0.05, 0) is 28.5 Å². The second-order valence-electron chi connectivity index (χ2n) is 4.67. The molecule has 0 bridgehead atoms. The predicted octanol–water partition coefficient (Wildman–Crippen LogP) is 1.60. The summed E-state index contributed by atoms with van der Waals surface area (Å²) in [6.45, 7) is 7.64. The number of piperazine rings is 1. The molecule has 1 N–H and O–H groups in total. The van der Waals surface area contributed by atoms with Gasteiger partial charge in [0.05, 0.1) is 12.8 Å². The van der Waals surface area contributed by atoms with Gasteiger partial charge in [0, 0.05) is 40.9 Å². The lowest BCUT2D eigenvalue weighted by Crippen LogP contribution is -2.48. The van der Waals surface area contributed by atoms with E-state index in [1.807, 2.05) is 11.4 Å². The first kappa shape index (κ1) is 15.6. The number of hydrogen-bond acceptors (Lipinski definition) is 5. The second-order valence-corrected chi connectivity index (χ2v) is 6.53. The minimum Gasteiger partial charge on any atom is -0.301 e. The molecule has 20 heavy (non-hydrogen) atoms. The van der Waals surface area contributed by atoms with Gasteiger partial charge in [0.1, 0.15) is 0 Å². The molecule has 1 aromatic heterocycles. The summed E-state index contributed by atoms with van der Waals surface area (Å²) < 4.78 is 1.03. The standard InChI is InChI=1S/C13H19BrN4OS/c1-2-17-3-5-18(6-4-17)9-13(19)16-15-8-12-7-11(14)10-20-12/h7-8,10H,2-6,9H2,1H3,(H,16,19)/b15-8+. The largest absolute Gasteiger partial charge is 0.301 e. The third kappa shape index (κ3) is 4.97. The Bertz CT molecular complexity index is 469. The Kier molecular flexibility index (Phi) is 6.15. The molecule has 0 atom stereocenters. The van der Waals surface area contributed by atoms with Crippen LogP contribution in [0.25, 0.3) is 0 Å². The number of hydrazone groups is 1. The van der Waals surface area contributed by atoms with Gasteiger partial charge in [0.15, 0.2) is 0 Å². The fraction of sp³-hybridized carbons (Fsp3) is 0.538. The first-order valence-corrected chi connectivity index (χ1v) is 8.35. The first-order chi connectivity index (χ1) is 9.67. The van der Waals surface area contributed by atoms with Gasteiger partial charge in [0.25, 0.3) is 5.91 Å². The number of likely N-dealkylation sites (N-methyl/N-ethyl adjacent to an activating group) is 1. The topological polar surface area (TPSA) is 47.9 Å². The van der Waals surface area contributed by atoms with E-state index >= 15 is 0 Å². The zero-order valence-corrected chi connectivity index (χ0v) is 13.9. The van der Waals surface area contributed by atoms with E-state index in [0.717, 1.165) is 42.1 Å². The molecule has 0 aromatic carbocycles. The van der Waals surface area contributed by atoms with E-state index in [2.05, 4.69) is 43.2 Å². The summed E-state index contributed by atoms with van der Waals surface area (Å²) in [6.07, 6.45) is 1.67. The molecule has 2 heterocycles. The Hall–Kier alpha value is -0.760. The molecule has 1 fully saturated rings. The van der Waals surface area contributed by atoms with E-state index in [1.54, 1.807) is 17.6 Å². The van der Waals surface area contributed by atoms with Crippen molar-refractivity contribution in [3.05, 3.63) is 20.8 Å². The Balaban J connectivity index is 1.69. The van der Waals surface area contributed by atoms with Crippen LogP contribution in [0.15, 0.2) is 21.0 Å². The highest BCUT2D eigenvalue weighted by molar-refractivity contribution is 9.10. The van der Waals surface area contributed by atoms with Gasteiger partial charge in [-0.15, -0.1) is 11.3 Å². The van der Waals surface area contributed by atoms with E-state index in [-0.39, 0.29) is 5.91 Å². The highest BCUT2D eigenvalue weighted by Gasteiger charge is 2.17. The fourth-order valence-electron chi connectivity index (χ4n) is 2.07. The zero-order valence-electron chi connectivity index (χ0n) is 11.5. The average Bonchev–Trinajstić information content (AvgIpc) is 2.85. The Labute approximate surface area is 131 Å². The third-order valence-electron chi connectivity index (χ3n) is 3.25. The molecule has 1 aliphatic rings. The highest BCUT2D eigenvalue weighted by Crippen LogP contribution is 2.17. The van der Waals surface area contributed by atoms with Gasteiger partial charge in [-0.25, -0.2) is 5.43 Å². The van der Waals surface area contributed by atoms with Crippen LogP contribution in [0, 0.1) is 0 Å². The van der Waals surface area contributed by atoms with Crippen LogP contribution < -0.4 is 5.43 Å². The summed E-state index contributed by atoms with van der Waals surface area (Å²) in [6, 6.07) is 1.96. The molecule has 0 spiro atoms. The lowest BCUT2D eigenvalue weighted by Gasteiger charge is -2.33. The molecule has 1 amide bonds. The number of amides is 1. The molecular formula is C13H19BrN4OS. The fourth-order valence-corrected chi connectivity index (χ4v) is 3.37. The molecule has 110 valence electrons. The predicted molar refractivity (Wildman–Crippen MR) is 86.3 cm³/mol. The van der Waals surface area contributed by atoms with E-state index < -0.39 is 0 Å². The van der Waals surface area contributed by atoms with Crippen LogP contribution in [0.3, 0.4) is 0 Å². The highest BCUT2D eigenvalue weighted by atomic mass is 79.9. The Morgan fingerprint density at radius 2 is 2.15 bits per heavy atom. The van der Waals surface area contributed by atoms with Gasteiger partial charge in [-0.2, -0.15) is 5.10 Å². The SMILES string of the molecule is CCN1CCN(CC(=O)N/N=C/c2cc(Br)cs2)CC1. The molecule has 1 aliphatic heterocycles. The lowest BCUT2D eigenvalue weighted by molar-refractivity contribution is -0.122. The van der Waals surface area contributed by atoms with Gasteiger partial charge < -0.3 is 4.90 Å². The summed E-state index contributed by atoms with van der Waals surface area (Å²) in [5, 5.41) is 5.96. The number of nitrogens with zero attached hydrogens (tertiary/aromatic N) is 3. The van der Waals surface area contributed by atoms with Crippen LogP contribution >= 0.6 is 27.3 Å². The minimum atomic E-state index is -0.0539. The summed E-state index contributed by atoms with van der Waals surface area (Å²) in [5.41, 5.74) is 2.58. The van der Waals surface area contributed by atoms with Crippen molar-refractivity contribution in [2.75, 3.05) is 39.3 Å². The van der Waals surface area contributed by atoms with Crippen molar-refractivity contribution >= 4 is 39.4 Å². The Morgan fingerprint density at radius 3 is 2.75 bits per heavy atom. The van der Waals surface area contributed by atoms with E-state index in [1.165, 1.54) is 0 Å². The van der Waals surface area contributed by atoms with Crippen molar-refractivity contribution in [1.29, 1.82) is 0 Å². The van der Waals surface area contributed by atoms with Crippen LogP contribution in [-0.4, -0.2) is 61.2 Å². The van der Waals surface area contributed by atoms with E-state index in [4.69, 9.17) is 0 Å². The van der Waals surface area contributed by atoms with Gasteiger partial charge in [-0.1, -0.05) is 6.92 Å².